The van der Waals surface area contributed by atoms with Gasteiger partial charge in [-0.3, -0.25) is 9.79 Å². The van der Waals surface area contributed by atoms with E-state index < -0.39 is 0 Å². The standard InChI is InChI=1S/C20H31NO2/c1-14(2)19(23-20(22)16-9-4-3-5-10-16)18-17-11-7-6-8-15(17)12-13-21-18/h14,16,19H,3-13H2,1-2H3. The van der Waals surface area contributed by atoms with Crippen molar-refractivity contribution in [1.82, 2.24) is 0 Å². The first-order valence-corrected chi connectivity index (χ1v) is 9.63. The lowest BCUT2D eigenvalue weighted by Crippen LogP contribution is -2.37. The molecule has 128 valence electrons. The maximum atomic E-state index is 12.6. The van der Waals surface area contributed by atoms with Gasteiger partial charge >= 0.3 is 5.97 Å². The summed E-state index contributed by atoms with van der Waals surface area (Å²) in [5.41, 5.74) is 4.11. The van der Waals surface area contributed by atoms with E-state index in [0.717, 1.165) is 37.9 Å². The average Bonchev–Trinajstić information content (AvgIpc) is 2.59. The maximum absolute atomic E-state index is 12.6. The smallest absolute Gasteiger partial charge is 0.309 e. The minimum absolute atomic E-state index is 0.0228. The van der Waals surface area contributed by atoms with Gasteiger partial charge in [-0.05, 0) is 56.4 Å². The van der Waals surface area contributed by atoms with Crippen LogP contribution in [0.15, 0.2) is 16.1 Å². The van der Waals surface area contributed by atoms with Crippen molar-refractivity contribution in [1.29, 1.82) is 0 Å². The predicted molar refractivity (Wildman–Crippen MR) is 93.7 cm³/mol. The molecule has 0 saturated heterocycles. The lowest BCUT2D eigenvalue weighted by Gasteiger charge is -2.32. The van der Waals surface area contributed by atoms with E-state index in [4.69, 9.17) is 9.73 Å². The molecule has 0 aromatic rings. The fourth-order valence-corrected chi connectivity index (χ4v) is 4.29. The molecule has 3 heteroatoms. The van der Waals surface area contributed by atoms with Crippen molar-refractivity contribution < 1.29 is 9.53 Å². The Balaban J connectivity index is 1.74. The van der Waals surface area contributed by atoms with Crippen LogP contribution in [-0.2, 0) is 9.53 Å². The molecule has 0 bridgehead atoms. The molecular weight excluding hydrogens is 286 g/mol. The third-order valence-electron chi connectivity index (χ3n) is 5.64. The molecule has 0 N–H and O–H groups in total. The summed E-state index contributed by atoms with van der Waals surface area (Å²) >= 11 is 0. The number of carbonyl (C=O) groups excluding carboxylic acids is 1. The molecular formula is C20H31NO2. The highest BCUT2D eigenvalue weighted by molar-refractivity contribution is 6.05. The van der Waals surface area contributed by atoms with E-state index in [2.05, 4.69) is 13.8 Å². The van der Waals surface area contributed by atoms with Gasteiger partial charge in [-0.1, -0.05) is 38.7 Å². The van der Waals surface area contributed by atoms with E-state index in [1.165, 1.54) is 44.1 Å². The van der Waals surface area contributed by atoms with E-state index in [1.54, 1.807) is 5.57 Å². The lowest BCUT2D eigenvalue weighted by molar-refractivity contribution is -0.153. The van der Waals surface area contributed by atoms with Crippen LogP contribution in [0.2, 0.25) is 0 Å². The Kier molecular flexibility index (Phi) is 5.55. The van der Waals surface area contributed by atoms with Gasteiger partial charge in [-0.15, -0.1) is 0 Å². The summed E-state index contributed by atoms with van der Waals surface area (Å²) in [5, 5.41) is 0. The van der Waals surface area contributed by atoms with Crippen LogP contribution in [0.1, 0.15) is 78.1 Å². The van der Waals surface area contributed by atoms with Gasteiger partial charge in [0.25, 0.3) is 0 Å². The zero-order chi connectivity index (χ0) is 16.2. The Morgan fingerprint density at radius 3 is 2.52 bits per heavy atom. The minimum atomic E-state index is -0.146. The highest BCUT2D eigenvalue weighted by Gasteiger charge is 2.33. The molecule has 23 heavy (non-hydrogen) atoms. The molecule has 1 aliphatic heterocycles. The van der Waals surface area contributed by atoms with Crippen LogP contribution in [0.3, 0.4) is 0 Å². The van der Waals surface area contributed by atoms with Crippen LogP contribution >= 0.6 is 0 Å². The Morgan fingerprint density at radius 1 is 1.04 bits per heavy atom. The molecule has 0 spiro atoms. The van der Waals surface area contributed by atoms with E-state index in [1.807, 2.05) is 0 Å². The summed E-state index contributed by atoms with van der Waals surface area (Å²) in [7, 11) is 0. The van der Waals surface area contributed by atoms with Gasteiger partial charge in [0.15, 0.2) is 0 Å². The normalized spacial score (nSPS) is 24.2. The van der Waals surface area contributed by atoms with Crippen LogP contribution in [0.5, 0.6) is 0 Å². The summed E-state index contributed by atoms with van der Waals surface area (Å²) in [4.78, 5) is 17.4. The molecule has 0 aromatic heterocycles. The first-order chi connectivity index (χ1) is 11.2. The van der Waals surface area contributed by atoms with Crippen molar-refractivity contribution in [2.75, 3.05) is 6.54 Å². The number of nitrogens with zero attached hydrogens (tertiary/aromatic N) is 1. The third kappa shape index (κ3) is 3.87. The highest BCUT2D eigenvalue weighted by Crippen LogP contribution is 2.34. The minimum Gasteiger partial charge on any atom is -0.455 e. The molecule has 2 aliphatic carbocycles. The first kappa shape index (κ1) is 16.7. The van der Waals surface area contributed by atoms with Gasteiger partial charge in [0.05, 0.1) is 11.6 Å². The summed E-state index contributed by atoms with van der Waals surface area (Å²) in [6.45, 7) is 5.18. The van der Waals surface area contributed by atoms with Crippen molar-refractivity contribution in [3.63, 3.8) is 0 Å². The Bertz CT molecular complexity index is 498. The van der Waals surface area contributed by atoms with Crippen LogP contribution in [0.4, 0.5) is 0 Å². The first-order valence-electron chi connectivity index (χ1n) is 9.63. The number of ether oxygens (including phenoxy) is 1. The van der Waals surface area contributed by atoms with Crippen LogP contribution in [-0.4, -0.2) is 24.3 Å². The SMILES string of the molecule is CC(C)C(OC(=O)C1CCCCC1)C1=NCCC2=C1CCCC2. The van der Waals surface area contributed by atoms with Crippen LogP contribution < -0.4 is 0 Å². The fourth-order valence-electron chi connectivity index (χ4n) is 4.29. The maximum Gasteiger partial charge on any atom is 0.309 e. The topological polar surface area (TPSA) is 38.7 Å². The van der Waals surface area contributed by atoms with Gasteiger partial charge in [-0.2, -0.15) is 0 Å². The van der Waals surface area contributed by atoms with E-state index in [9.17, 15) is 4.79 Å². The third-order valence-corrected chi connectivity index (χ3v) is 5.64. The summed E-state index contributed by atoms with van der Waals surface area (Å²) in [5.74, 6) is 0.429. The summed E-state index contributed by atoms with van der Waals surface area (Å²) < 4.78 is 6.04. The van der Waals surface area contributed by atoms with Crippen LogP contribution in [0.25, 0.3) is 0 Å². The number of carbonyl (C=O) groups is 1. The number of rotatable bonds is 4. The summed E-state index contributed by atoms with van der Waals surface area (Å²) in [6, 6.07) is 0. The predicted octanol–water partition coefficient (Wildman–Crippen LogP) is 4.85. The molecule has 0 amide bonds. The Labute approximate surface area is 140 Å². The van der Waals surface area contributed by atoms with E-state index in [0.29, 0.717) is 0 Å². The van der Waals surface area contributed by atoms with E-state index >= 15 is 0 Å². The van der Waals surface area contributed by atoms with Crippen LogP contribution in [0, 0.1) is 11.8 Å². The van der Waals surface area contributed by atoms with Crippen molar-refractivity contribution in [3.8, 4) is 0 Å². The van der Waals surface area contributed by atoms with Crippen molar-refractivity contribution in [2.45, 2.75) is 84.2 Å². The molecule has 3 aliphatic rings. The molecule has 0 radical (unpaired) electrons. The van der Waals surface area contributed by atoms with Gasteiger partial charge in [0, 0.05) is 6.54 Å². The molecule has 3 rings (SSSR count). The Hall–Kier alpha value is -1.12. The second-order valence-corrected chi connectivity index (χ2v) is 7.74. The zero-order valence-corrected chi connectivity index (χ0v) is 14.8. The molecule has 0 aromatic carbocycles. The van der Waals surface area contributed by atoms with Gasteiger partial charge < -0.3 is 4.74 Å². The summed E-state index contributed by atoms with van der Waals surface area (Å²) in [6.07, 6.45) is 11.5. The van der Waals surface area contributed by atoms with Gasteiger partial charge in [0.1, 0.15) is 6.10 Å². The zero-order valence-electron chi connectivity index (χ0n) is 14.8. The van der Waals surface area contributed by atoms with Gasteiger partial charge in [-0.25, -0.2) is 0 Å². The molecule has 1 saturated carbocycles. The Morgan fingerprint density at radius 2 is 1.78 bits per heavy atom. The van der Waals surface area contributed by atoms with E-state index in [-0.39, 0.29) is 23.9 Å². The number of hydrogen-bond acceptors (Lipinski definition) is 3. The molecule has 1 unspecified atom stereocenters. The number of esters is 1. The number of aliphatic imine (C=N–C) groups is 1. The van der Waals surface area contributed by atoms with Crippen molar-refractivity contribution >= 4 is 11.7 Å². The van der Waals surface area contributed by atoms with Crippen molar-refractivity contribution in [3.05, 3.63) is 11.1 Å². The number of hydrogen-bond donors (Lipinski definition) is 0. The second-order valence-electron chi connectivity index (χ2n) is 7.74. The number of dihydropyridines is 1. The van der Waals surface area contributed by atoms with Crippen molar-refractivity contribution in [2.24, 2.45) is 16.8 Å². The average molecular weight is 317 g/mol. The lowest BCUT2D eigenvalue weighted by atomic mass is 9.82. The largest absolute Gasteiger partial charge is 0.455 e. The monoisotopic (exact) mass is 317 g/mol. The fraction of sp³-hybridized carbons (Fsp3) is 0.800. The molecule has 1 heterocycles. The molecule has 1 atom stereocenters. The highest BCUT2D eigenvalue weighted by atomic mass is 16.5. The quantitative estimate of drug-likeness (QED) is 0.695. The molecule has 3 nitrogen and oxygen atoms in total. The second kappa shape index (κ2) is 7.63. The van der Waals surface area contributed by atoms with Gasteiger partial charge in [0.2, 0.25) is 0 Å². The molecule has 1 fully saturated rings.